The van der Waals surface area contributed by atoms with Crippen molar-refractivity contribution in [3.05, 3.63) is 70.8 Å². The fraction of sp³-hybridized carbons (Fsp3) is 0.304. The van der Waals surface area contributed by atoms with Gasteiger partial charge in [-0.3, -0.25) is 4.79 Å². The number of nitrogens with one attached hydrogen (secondary N) is 2. The summed E-state index contributed by atoms with van der Waals surface area (Å²) < 4.78 is 0. The average Bonchev–Trinajstić information content (AvgIpc) is 3.16. The maximum atomic E-state index is 12.9. The molecule has 2 aromatic rings. The molecule has 4 rings (SSSR count). The van der Waals surface area contributed by atoms with Gasteiger partial charge in [0.05, 0.1) is 0 Å². The first-order chi connectivity index (χ1) is 14.5. The minimum atomic E-state index is -0.651. The molecular weight excluding hydrogens is 400 g/mol. The molecule has 0 aliphatic carbocycles. The highest BCUT2D eigenvalue weighted by molar-refractivity contribution is 6.30. The Hall–Kier alpha value is -2.83. The van der Waals surface area contributed by atoms with Crippen molar-refractivity contribution in [1.29, 1.82) is 0 Å². The number of amides is 3. The summed E-state index contributed by atoms with van der Waals surface area (Å²) in [4.78, 5) is 29.4. The van der Waals surface area contributed by atoms with E-state index in [-0.39, 0.29) is 11.9 Å². The third-order valence-corrected chi connectivity index (χ3v) is 5.83. The highest BCUT2D eigenvalue weighted by Gasteiger charge is 2.30. The minimum Gasteiger partial charge on any atom is -0.324 e. The lowest BCUT2D eigenvalue weighted by atomic mass is 10.0. The molecule has 0 saturated carbocycles. The molecule has 7 heteroatoms. The van der Waals surface area contributed by atoms with Crippen LogP contribution >= 0.6 is 11.6 Å². The lowest BCUT2D eigenvalue weighted by molar-refractivity contribution is -0.118. The Labute approximate surface area is 181 Å². The van der Waals surface area contributed by atoms with Gasteiger partial charge in [-0.05, 0) is 67.4 Å². The van der Waals surface area contributed by atoms with E-state index in [1.807, 2.05) is 12.1 Å². The number of benzene rings is 2. The van der Waals surface area contributed by atoms with Crippen molar-refractivity contribution in [2.24, 2.45) is 0 Å². The molecule has 2 N–H and O–H groups in total. The Balaban J connectivity index is 1.42. The maximum Gasteiger partial charge on any atom is 0.323 e. The van der Waals surface area contributed by atoms with Crippen LogP contribution in [-0.2, 0) is 17.6 Å². The molecule has 0 aromatic heterocycles. The van der Waals surface area contributed by atoms with Crippen LogP contribution in [0.3, 0.4) is 0 Å². The first-order valence-electron chi connectivity index (χ1n) is 10.1. The number of carbonyl (C=O) groups is 2. The van der Waals surface area contributed by atoms with Crippen molar-refractivity contribution >= 4 is 34.9 Å². The predicted octanol–water partition coefficient (Wildman–Crippen LogP) is 3.78. The maximum absolute atomic E-state index is 12.9. The number of nitrogens with zero attached hydrogens (tertiary/aromatic N) is 2. The van der Waals surface area contributed by atoms with Crippen molar-refractivity contribution in [1.82, 2.24) is 9.80 Å². The largest absolute Gasteiger partial charge is 0.324 e. The molecular formula is C23H25ClN4O2. The van der Waals surface area contributed by atoms with E-state index in [4.69, 9.17) is 11.6 Å². The van der Waals surface area contributed by atoms with Crippen LogP contribution in [-0.4, -0.2) is 54.5 Å². The molecule has 6 nitrogen and oxygen atoms in total. The predicted molar refractivity (Wildman–Crippen MR) is 120 cm³/mol. The molecule has 2 aliphatic rings. The van der Waals surface area contributed by atoms with E-state index in [1.54, 1.807) is 30.3 Å². The summed E-state index contributed by atoms with van der Waals surface area (Å²) in [6, 6.07) is 12.0. The molecule has 0 bridgehead atoms. The Morgan fingerprint density at radius 3 is 2.43 bits per heavy atom. The zero-order valence-electron chi connectivity index (χ0n) is 16.9. The summed E-state index contributed by atoms with van der Waals surface area (Å²) in [5, 5.41) is 6.39. The monoisotopic (exact) mass is 424 g/mol. The van der Waals surface area contributed by atoms with Crippen LogP contribution in [0.4, 0.5) is 16.2 Å². The Morgan fingerprint density at radius 1 is 0.967 bits per heavy atom. The van der Waals surface area contributed by atoms with E-state index in [0.717, 1.165) is 31.6 Å². The second-order valence-corrected chi connectivity index (χ2v) is 8.17. The molecule has 0 fully saturated rings. The van der Waals surface area contributed by atoms with Gasteiger partial charge in [0.15, 0.2) is 0 Å². The molecule has 2 heterocycles. The molecule has 0 saturated heterocycles. The van der Waals surface area contributed by atoms with Crippen LogP contribution in [0.5, 0.6) is 0 Å². The van der Waals surface area contributed by atoms with Crippen LogP contribution in [0.15, 0.2) is 54.6 Å². The fourth-order valence-corrected chi connectivity index (χ4v) is 3.94. The number of rotatable bonds is 3. The van der Waals surface area contributed by atoms with Crippen LogP contribution in [0, 0.1) is 0 Å². The third kappa shape index (κ3) is 4.66. The van der Waals surface area contributed by atoms with E-state index in [2.05, 4.69) is 34.7 Å². The smallest absolute Gasteiger partial charge is 0.323 e. The molecule has 2 aromatic carbocycles. The van der Waals surface area contributed by atoms with E-state index < -0.39 is 6.04 Å². The highest BCUT2D eigenvalue weighted by Crippen LogP contribution is 2.22. The number of hydrogen-bond acceptors (Lipinski definition) is 3. The van der Waals surface area contributed by atoms with Gasteiger partial charge < -0.3 is 20.4 Å². The molecule has 30 heavy (non-hydrogen) atoms. The number of urea groups is 1. The van der Waals surface area contributed by atoms with Crippen LogP contribution < -0.4 is 10.6 Å². The molecule has 0 spiro atoms. The summed E-state index contributed by atoms with van der Waals surface area (Å²) in [5.74, 6) is -0.222. The van der Waals surface area contributed by atoms with Crippen molar-refractivity contribution in [2.75, 3.05) is 37.3 Å². The van der Waals surface area contributed by atoms with Gasteiger partial charge in [-0.25, -0.2) is 4.79 Å². The SMILES string of the molecule is CN1CCc2ccc(NC(=O)C3C=CCN3C(=O)Nc3ccc(Cl)cc3)cc2CC1. The molecule has 0 radical (unpaired) electrons. The summed E-state index contributed by atoms with van der Waals surface area (Å²) >= 11 is 5.89. The highest BCUT2D eigenvalue weighted by atomic mass is 35.5. The van der Waals surface area contributed by atoms with Crippen LogP contribution in [0.2, 0.25) is 5.02 Å². The first-order valence-corrected chi connectivity index (χ1v) is 10.5. The van der Waals surface area contributed by atoms with Gasteiger partial charge in [0.2, 0.25) is 0 Å². The summed E-state index contributed by atoms with van der Waals surface area (Å²) in [5.41, 5.74) is 4.01. The van der Waals surface area contributed by atoms with Crippen molar-refractivity contribution < 1.29 is 9.59 Å². The molecule has 1 unspecified atom stereocenters. The number of halogens is 1. The minimum absolute atomic E-state index is 0.222. The number of likely N-dealkylation sites (N-methyl/N-ethyl adjacent to an activating group) is 1. The zero-order chi connectivity index (χ0) is 21.1. The fourth-order valence-electron chi connectivity index (χ4n) is 3.82. The second-order valence-electron chi connectivity index (χ2n) is 7.74. The second kappa shape index (κ2) is 8.90. The van der Waals surface area contributed by atoms with Crippen LogP contribution in [0.25, 0.3) is 0 Å². The number of fused-ring (bicyclic) bond motifs is 1. The molecule has 156 valence electrons. The van der Waals surface area contributed by atoms with Crippen molar-refractivity contribution in [3.8, 4) is 0 Å². The lowest BCUT2D eigenvalue weighted by Gasteiger charge is -2.24. The summed E-state index contributed by atoms with van der Waals surface area (Å²) in [6.45, 7) is 2.44. The quantitative estimate of drug-likeness (QED) is 0.737. The number of anilines is 2. The van der Waals surface area contributed by atoms with E-state index in [9.17, 15) is 9.59 Å². The van der Waals surface area contributed by atoms with Gasteiger partial charge in [-0.2, -0.15) is 0 Å². The van der Waals surface area contributed by atoms with Crippen molar-refractivity contribution in [2.45, 2.75) is 18.9 Å². The van der Waals surface area contributed by atoms with Gasteiger partial charge >= 0.3 is 6.03 Å². The molecule has 1 atom stereocenters. The molecule has 3 amide bonds. The van der Waals surface area contributed by atoms with Gasteiger partial charge in [-0.15, -0.1) is 0 Å². The van der Waals surface area contributed by atoms with Crippen LogP contribution in [0.1, 0.15) is 11.1 Å². The Kier molecular flexibility index (Phi) is 6.06. The Bertz CT molecular complexity index is 974. The van der Waals surface area contributed by atoms with E-state index >= 15 is 0 Å². The topological polar surface area (TPSA) is 64.7 Å². The number of hydrogen-bond donors (Lipinski definition) is 2. The normalized spacial score (nSPS) is 18.6. The standard InChI is InChI=1S/C23H25ClN4O2/c1-27-13-10-16-4-7-20(15-17(16)11-14-27)25-22(29)21-3-2-12-28(21)23(30)26-19-8-5-18(24)6-9-19/h2-9,15,21H,10-14H2,1H3,(H,25,29)(H,26,30). The zero-order valence-corrected chi connectivity index (χ0v) is 17.7. The van der Waals surface area contributed by atoms with Gasteiger partial charge in [0.1, 0.15) is 6.04 Å². The van der Waals surface area contributed by atoms with E-state index in [1.165, 1.54) is 16.0 Å². The molecule has 2 aliphatic heterocycles. The van der Waals surface area contributed by atoms with Gasteiger partial charge in [0.25, 0.3) is 5.91 Å². The number of carbonyl (C=O) groups excluding carboxylic acids is 2. The third-order valence-electron chi connectivity index (χ3n) is 5.58. The van der Waals surface area contributed by atoms with E-state index in [0.29, 0.717) is 17.3 Å². The summed E-state index contributed by atoms with van der Waals surface area (Å²) in [6.07, 6.45) is 5.58. The Morgan fingerprint density at radius 2 is 1.67 bits per heavy atom. The first kappa shape index (κ1) is 20.4. The average molecular weight is 425 g/mol. The summed E-state index contributed by atoms with van der Waals surface area (Å²) in [7, 11) is 2.13. The van der Waals surface area contributed by atoms with Gasteiger partial charge in [0, 0.05) is 36.0 Å². The lowest BCUT2D eigenvalue weighted by Crippen LogP contribution is -2.45. The van der Waals surface area contributed by atoms with Gasteiger partial charge in [-0.1, -0.05) is 29.8 Å². The van der Waals surface area contributed by atoms with Crippen molar-refractivity contribution in [3.63, 3.8) is 0 Å².